The van der Waals surface area contributed by atoms with Crippen molar-refractivity contribution in [2.75, 3.05) is 33.5 Å². The molecule has 1 saturated heterocycles. The van der Waals surface area contributed by atoms with Gasteiger partial charge in [-0.15, -0.1) is 0 Å². The van der Waals surface area contributed by atoms with Gasteiger partial charge in [-0.1, -0.05) is 6.58 Å². The zero-order valence-corrected chi connectivity index (χ0v) is 7.86. The van der Waals surface area contributed by atoms with Gasteiger partial charge >= 0.3 is 0 Å². The highest BCUT2D eigenvalue weighted by Crippen LogP contribution is 2.07. The van der Waals surface area contributed by atoms with E-state index < -0.39 is 0 Å². The summed E-state index contributed by atoms with van der Waals surface area (Å²) in [6.07, 6.45) is 1.33. The minimum atomic E-state index is -0.0506. The van der Waals surface area contributed by atoms with Crippen LogP contribution in [0.3, 0.4) is 0 Å². The molecule has 0 bridgehead atoms. The molecule has 13 heavy (non-hydrogen) atoms. The third-order valence-corrected chi connectivity index (χ3v) is 2.04. The Kier molecular flexibility index (Phi) is 3.92. The first kappa shape index (κ1) is 10.2. The third-order valence-electron chi connectivity index (χ3n) is 2.04. The second kappa shape index (κ2) is 4.99. The maximum absolute atomic E-state index is 11.3. The molecule has 0 aromatic rings. The van der Waals surface area contributed by atoms with E-state index in [9.17, 15) is 4.79 Å². The van der Waals surface area contributed by atoms with E-state index in [2.05, 4.69) is 6.58 Å². The van der Waals surface area contributed by atoms with Gasteiger partial charge in [-0.25, -0.2) is 0 Å². The number of nitrogens with zero attached hydrogens (tertiary/aromatic N) is 1. The fourth-order valence-electron chi connectivity index (χ4n) is 1.39. The van der Waals surface area contributed by atoms with Crippen molar-refractivity contribution in [3.8, 4) is 0 Å². The van der Waals surface area contributed by atoms with Crippen LogP contribution < -0.4 is 0 Å². The summed E-state index contributed by atoms with van der Waals surface area (Å²) < 4.78 is 10.2. The zero-order chi connectivity index (χ0) is 9.68. The molecule has 1 amide bonds. The van der Waals surface area contributed by atoms with E-state index in [1.165, 1.54) is 6.08 Å². The van der Waals surface area contributed by atoms with Gasteiger partial charge in [0.25, 0.3) is 0 Å². The second-order valence-electron chi connectivity index (χ2n) is 2.92. The van der Waals surface area contributed by atoms with Crippen LogP contribution in [0.1, 0.15) is 0 Å². The fourth-order valence-corrected chi connectivity index (χ4v) is 1.39. The lowest BCUT2D eigenvalue weighted by molar-refractivity contribution is -0.136. The van der Waals surface area contributed by atoms with Crippen molar-refractivity contribution in [2.24, 2.45) is 0 Å². The summed E-state index contributed by atoms with van der Waals surface area (Å²) >= 11 is 0. The smallest absolute Gasteiger partial charge is 0.246 e. The molecule has 0 aromatic carbocycles. The third kappa shape index (κ3) is 2.54. The van der Waals surface area contributed by atoms with Crippen LogP contribution in [-0.2, 0) is 14.3 Å². The van der Waals surface area contributed by atoms with Crippen LogP contribution in [0.25, 0.3) is 0 Å². The molecule has 0 spiro atoms. The van der Waals surface area contributed by atoms with Crippen molar-refractivity contribution >= 4 is 5.91 Å². The lowest BCUT2D eigenvalue weighted by atomic mass is 10.2. The van der Waals surface area contributed by atoms with E-state index in [1.807, 2.05) is 0 Å². The average molecular weight is 185 g/mol. The van der Waals surface area contributed by atoms with Crippen molar-refractivity contribution in [3.05, 3.63) is 12.7 Å². The van der Waals surface area contributed by atoms with Crippen molar-refractivity contribution in [1.29, 1.82) is 0 Å². The molecule has 74 valence electrons. The molecule has 1 unspecified atom stereocenters. The van der Waals surface area contributed by atoms with Gasteiger partial charge in [0, 0.05) is 13.7 Å². The van der Waals surface area contributed by atoms with E-state index >= 15 is 0 Å². The molecule has 0 saturated carbocycles. The Morgan fingerprint density at radius 1 is 1.85 bits per heavy atom. The standard InChI is InChI=1S/C9H15NO3/c1-3-9(11)10-4-5-13-7-8(10)6-12-2/h3,8H,1,4-7H2,2H3. The van der Waals surface area contributed by atoms with Gasteiger partial charge in [-0.3, -0.25) is 4.79 Å². The maximum Gasteiger partial charge on any atom is 0.246 e. The van der Waals surface area contributed by atoms with Gasteiger partial charge in [-0.05, 0) is 6.08 Å². The molecule has 1 atom stereocenters. The van der Waals surface area contributed by atoms with E-state index in [0.29, 0.717) is 26.4 Å². The molecule has 4 nitrogen and oxygen atoms in total. The first-order valence-corrected chi connectivity index (χ1v) is 4.29. The predicted octanol–water partition coefficient (Wildman–Crippen LogP) is 0.0462. The number of carbonyl (C=O) groups is 1. The summed E-state index contributed by atoms with van der Waals surface area (Å²) in [6.45, 7) is 5.74. The van der Waals surface area contributed by atoms with Crippen LogP contribution in [0.5, 0.6) is 0 Å². The van der Waals surface area contributed by atoms with E-state index in [0.717, 1.165) is 0 Å². The summed E-state index contributed by atoms with van der Waals surface area (Å²) in [6, 6.07) is 0.0317. The highest BCUT2D eigenvalue weighted by atomic mass is 16.5. The van der Waals surface area contributed by atoms with E-state index in [4.69, 9.17) is 9.47 Å². The molecule has 0 N–H and O–H groups in total. The molecular formula is C9H15NO3. The average Bonchev–Trinajstić information content (AvgIpc) is 2.18. The van der Waals surface area contributed by atoms with Crippen molar-refractivity contribution in [2.45, 2.75) is 6.04 Å². The molecule has 1 aliphatic heterocycles. The molecule has 1 aliphatic rings. The van der Waals surface area contributed by atoms with Crippen LogP contribution >= 0.6 is 0 Å². The van der Waals surface area contributed by atoms with Gasteiger partial charge < -0.3 is 14.4 Å². The van der Waals surface area contributed by atoms with Gasteiger partial charge in [0.2, 0.25) is 5.91 Å². The zero-order valence-electron chi connectivity index (χ0n) is 7.86. The van der Waals surface area contributed by atoms with Crippen LogP contribution in [0, 0.1) is 0 Å². The Bertz CT molecular complexity index is 191. The first-order chi connectivity index (χ1) is 6.29. The number of hydrogen-bond acceptors (Lipinski definition) is 3. The number of ether oxygens (including phenoxy) is 2. The second-order valence-corrected chi connectivity index (χ2v) is 2.92. The number of morpholine rings is 1. The lowest BCUT2D eigenvalue weighted by Crippen LogP contribution is -2.50. The monoisotopic (exact) mass is 185 g/mol. The molecule has 1 fully saturated rings. The molecular weight excluding hydrogens is 170 g/mol. The highest BCUT2D eigenvalue weighted by molar-refractivity contribution is 5.87. The summed E-state index contributed by atoms with van der Waals surface area (Å²) in [5, 5.41) is 0. The maximum atomic E-state index is 11.3. The van der Waals surface area contributed by atoms with Crippen molar-refractivity contribution < 1.29 is 14.3 Å². The Morgan fingerprint density at radius 2 is 2.62 bits per heavy atom. The highest BCUT2D eigenvalue weighted by Gasteiger charge is 2.25. The summed E-state index contributed by atoms with van der Waals surface area (Å²) in [5.41, 5.74) is 0. The molecule has 4 heteroatoms. The topological polar surface area (TPSA) is 38.8 Å². The van der Waals surface area contributed by atoms with Gasteiger partial charge in [0.1, 0.15) is 0 Å². The lowest BCUT2D eigenvalue weighted by Gasteiger charge is -2.34. The molecule has 1 heterocycles. The van der Waals surface area contributed by atoms with Crippen LogP contribution in [0.2, 0.25) is 0 Å². The number of amides is 1. The normalized spacial score (nSPS) is 22.8. The fraction of sp³-hybridized carbons (Fsp3) is 0.667. The van der Waals surface area contributed by atoms with Gasteiger partial charge in [0.15, 0.2) is 0 Å². The van der Waals surface area contributed by atoms with Crippen molar-refractivity contribution in [1.82, 2.24) is 4.90 Å². The number of methoxy groups -OCH3 is 1. The number of rotatable bonds is 3. The van der Waals surface area contributed by atoms with Crippen LogP contribution in [0.4, 0.5) is 0 Å². The quantitative estimate of drug-likeness (QED) is 0.583. The Hall–Kier alpha value is -0.870. The van der Waals surface area contributed by atoms with Gasteiger partial charge in [0.05, 0.1) is 25.9 Å². The summed E-state index contributed by atoms with van der Waals surface area (Å²) in [4.78, 5) is 13.1. The Morgan fingerprint density at radius 3 is 3.23 bits per heavy atom. The van der Waals surface area contributed by atoms with Crippen molar-refractivity contribution in [3.63, 3.8) is 0 Å². The minimum absolute atomic E-state index is 0.0317. The molecule has 1 rings (SSSR count). The molecule has 0 radical (unpaired) electrons. The molecule has 0 aliphatic carbocycles. The van der Waals surface area contributed by atoms with Crippen LogP contribution in [-0.4, -0.2) is 50.3 Å². The largest absolute Gasteiger partial charge is 0.382 e. The Balaban J connectivity index is 2.55. The first-order valence-electron chi connectivity index (χ1n) is 4.29. The summed E-state index contributed by atoms with van der Waals surface area (Å²) in [5.74, 6) is -0.0506. The molecule has 0 aromatic heterocycles. The van der Waals surface area contributed by atoms with E-state index in [-0.39, 0.29) is 11.9 Å². The van der Waals surface area contributed by atoms with Gasteiger partial charge in [-0.2, -0.15) is 0 Å². The predicted molar refractivity (Wildman–Crippen MR) is 48.4 cm³/mol. The Labute approximate surface area is 78.1 Å². The number of carbonyl (C=O) groups excluding carboxylic acids is 1. The number of hydrogen-bond donors (Lipinski definition) is 0. The van der Waals surface area contributed by atoms with E-state index in [1.54, 1.807) is 12.0 Å². The van der Waals surface area contributed by atoms with Crippen LogP contribution in [0.15, 0.2) is 12.7 Å². The SMILES string of the molecule is C=CC(=O)N1CCOCC1COC. The minimum Gasteiger partial charge on any atom is -0.382 e. The summed E-state index contributed by atoms with van der Waals surface area (Å²) in [7, 11) is 1.62.